The van der Waals surface area contributed by atoms with Crippen LogP contribution in [-0.4, -0.2) is 6.04 Å². The lowest BCUT2D eigenvalue weighted by Crippen LogP contribution is -2.00. The molecule has 0 aromatic heterocycles. The molecule has 0 heterocycles. The van der Waals surface area contributed by atoms with Gasteiger partial charge >= 0.3 is 0 Å². The molecular weight excluding hydrogens is 214 g/mol. The van der Waals surface area contributed by atoms with Crippen molar-refractivity contribution in [3.05, 3.63) is 45.7 Å². The minimum atomic E-state index is 0.0729. The molecule has 0 bridgehead atoms. The first kappa shape index (κ1) is 9.28. The van der Waals surface area contributed by atoms with E-state index in [1.165, 1.54) is 5.56 Å². The van der Waals surface area contributed by atoms with Gasteiger partial charge in [-0.25, -0.2) is 6.57 Å². The Bertz CT molecular complexity index is 301. The van der Waals surface area contributed by atoms with Crippen molar-refractivity contribution in [2.45, 2.75) is 19.4 Å². The first-order valence-corrected chi connectivity index (χ1v) is 4.63. The van der Waals surface area contributed by atoms with Gasteiger partial charge in [-0.1, -0.05) is 34.1 Å². The first-order valence-electron chi connectivity index (χ1n) is 3.84. The van der Waals surface area contributed by atoms with Crippen molar-refractivity contribution in [1.29, 1.82) is 0 Å². The second-order valence-electron chi connectivity index (χ2n) is 2.77. The Labute approximate surface area is 81.4 Å². The highest BCUT2D eigenvalue weighted by atomic mass is 79.9. The van der Waals surface area contributed by atoms with Gasteiger partial charge in [-0.05, 0) is 11.6 Å². The maximum atomic E-state index is 6.84. The summed E-state index contributed by atoms with van der Waals surface area (Å²) < 4.78 is 1.10. The summed E-state index contributed by atoms with van der Waals surface area (Å²) in [5.74, 6) is 0. The van der Waals surface area contributed by atoms with Crippen LogP contribution in [-0.2, 0) is 6.42 Å². The lowest BCUT2D eigenvalue weighted by molar-refractivity contribution is 0.841. The van der Waals surface area contributed by atoms with Gasteiger partial charge in [-0.3, -0.25) is 0 Å². The SMILES string of the molecule is [C-]#[N+]C(C)Cc1ccccc1Br. The third-order valence-electron chi connectivity index (χ3n) is 1.69. The smallest absolute Gasteiger partial charge is 0.225 e. The number of hydrogen-bond acceptors (Lipinski definition) is 0. The summed E-state index contributed by atoms with van der Waals surface area (Å²) >= 11 is 3.45. The molecule has 0 N–H and O–H groups in total. The van der Waals surface area contributed by atoms with E-state index in [0.29, 0.717) is 0 Å². The molecular formula is C10H10BrN. The molecule has 1 aromatic carbocycles. The molecule has 0 fully saturated rings. The Morgan fingerprint density at radius 2 is 2.17 bits per heavy atom. The number of halogens is 1. The van der Waals surface area contributed by atoms with Crippen molar-refractivity contribution >= 4 is 15.9 Å². The fourth-order valence-corrected chi connectivity index (χ4v) is 1.47. The Morgan fingerprint density at radius 1 is 1.50 bits per heavy atom. The van der Waals surface area contributed by atoms with Gasteiger partial charge < -0.3 is 4.85 Å². The topological polar surface area (TPSA) is 4.36 Å². The Morgan fingerprint density at radius 3 is 2.75 bits per heavy atom. The van der Waals surface area contributed by atoms with Crippen molar-refractivity contribution in [3.8, 4) is 0 Å². The molecule has 0 saturated carbocycles. The highest BCUT2D eigenvalue weighted by Crippen LogP contribution is 2.17. The molecule has 0 saturated heterocycles. The molecule has 0 aliphatic rings. The lowest BCUT2D eigenvalue weighted by atomic mass is 10.1. The molecule has 1 atom stereocenters. The van der Waals surface area contributed by atoms with Gasteiger partial charge in [0.2, 0.25) is 6.04 Å². The zero-order valence-electron chi connectivity index (χ0n) is 6.92. The largest absolute Gasteiger partial charge is 0.314 e. The van der Waals surface area contributed by atoms with Gasteiger partial charge in [-0.2, -0.15) is 0 Å². The molecule has 62 valence electrons. The Hall–Kier alpha value is -0.810. The molecule has 1 rings (SSSR count). The third kappa shape index (κ3) is 2.35. The summed E-state index contributed by atoms with van der Waals surface area (Å²) in [5.41, 5.74) is 1.21. The molecule has 0 aliphatic carbocycles. The van der Waals surface area contributed by atoms with E-state index in [0.717, 1.165) is 10.9 Å². The molecule has 1 aromatic rings. The third-order valence-corrected chi connectivity index (χ3v) is 2.47. The van der Waals surface area contributed by atoms with E-state index in [4.69, 9.17) is 6.57 Å². The zero-order valence-corrected chi connectivity index (χ0v) is 8.51. The van der Waals surface area contributed by atoms with Gasteiger partial charge in [-0.15, -0.1) is 0 Å². The summed E-state index contributed by atoms with van der Waals surface area (Å²) in [4.78, 5) is 3.45. The summed E-state index contributed by atoms with van der Waals surface area (Å²) in [6, 6.07) is 8.11. The molecule has 12 heavy (non-hydrogen) atoms. The average Bonchev–Trinajstić information content (AvgIpc) is 2.09. The van der Waals surface area contributed by atoms with E-state index in [1.54, 1.807) is 0 Å². The van der Waals surface area contributed by atoms with E-state index in [1.807, 2.05) is 31.2 Å². The van der Waals surface area contributed by atoms with Crippen LogP contribution >= 0.6 is 15.9 Å². The number of rotatable bonds is 2. The minimum absolute atomic E-state index is 0.0729. The van der Waals surface area contributed by atoms with E-state index in [9.17, 15) is 0 Å². The number of hydrogen-bond donors (Lipinski definition) is 0. The second-order valence-corrected chi connectivity index (χ2v) is 3.63. The average molecular weight is 224 g/mol. The molecule has 0 radical (unpaired) electrons. The van der Waals surface area contributed by atoms with Crippen LogP contribution in [0.2, 0.25) is 0 Å². The van der Waals surface area contributed by atoms with Gasteiger partial charge in [0.1, 0.15) is 0 Å². The molecule has 0 amide bonds. The van der Waals surface area contributed by atoms with Crippen LogP contribution in [0.15, 0.2) is 28.7 Å². The van der Waals surface area contributed by atoms with Crippen LogP contribution in [0, 0.1) is 6.57 Å². The summed E-state index contributed by atoms with van der Waals surface area (Å²) in [5, 5.41) is 0. The molecule has 2 heteroatoms. The number of nitrogens with zero attached hydrogens (tertiary/aromatic N) is 1. The van der Waals surface area contributed by atoms with E-state index in [2.05, 4.69) is 20.8 Å². The lowest BCUT2D eigenvalue weighted by Gasteiger charge is -2.02. The van der Waals surface area contributed by atoms with Crippen molar-refractivity contribution in [3.63, 3.8) is 0 Å². The van der Waals surface area contributed by atoms with Gasteiger partial charge in [0.25, 0.3) is 0 Å². The fraction of sp³-hybridized carbons (Fsp3) is 0.300. The van der Waals surface area contributed by atoms with Crippen LogP contribution in [0.1, 0.15) is 12.5 Å². The molecule has 0 spiro atoms. The molecule has 1 nitrogen and oxygen atoms in total. The zero-order chi connectivity index (χ0) is 8.97. The second kappa shape index (κ2) is 4.27. The standard InChI is InChI=1S/C10H10BrN/c1-8(12-2)7-9-5-3-4-6-10(9)11/h3-6,8H,7H2,1H3. The van der Waals surface area contributed by atoms with E-state index in [-0.39, 0.29) is 6.04 Å². The summed E-state index contributed by atoms with van der Waals surface area (Å²) in [6.07, 6.45) is 0.824. The van der Waals surface area contributed by atoms with Crippen LogP contribution in [0.4, 0.5) is 0 Å². The maximum Gasteiger partial charge on any atom is 0.225 e. The maximum absolute atomic E-state index is 6.84. The fourth-order valence-electron chi connectivity index (χ4n) is 1.03. The van der Waals surface area contributed by atoms with Gasteiger partial charge in [0.05, 0.1) is 0 Å². The Balaban J connectivity index is 2.77. The normalized spacial score (nSPS) is 12.1. The predicted molar refractivity (Wildman–Crippen MR) is 53.9 cm³/mol. The van der Waals surface area contributed by atoms with Crippen molar-refractivity contribution in [2.75, 3.05) is 0 Å². The van der Waals surface area contributed by atoms with E-state index < -0.39 is 0 Å². The summed E-state index contributed by atoms with van der Waals surface area (Å²) in [7, 11) is 0. The molecule has 1 unspecified atom stereocenters. The first-order chi connectivity index (χ1) is 5.74. The van der Waals surface area contributed by atoms with Crippen molar-refractivity contribution in [2.24, 2.45) is 0 Å². The Kier molecular flexibility index (Phi) is 3.31. The van der Waals surface area contributed by atoms with Gasteiger partial charge in [0.15, 0.2) is 0 Å². The quantitative estimate of drug-likeness (QED) is 0.679. The van der Waals surface area contributed by atoms with Crippen molar-refractivity contribution < 1.29 is 0 Å². The van der Waals surface area contributed by atoms with Gasteiger partial charge in [0, 0.05) is 17.8 Å². The van der Waals surface area contributed by atoms with Crippen LogP contribution < -0.4 is 0 Å². The van der Waals surface area contributed by atoms with E-state index >= 15 is 0 Å². The minimum Gasteiger partial charge on any atom is -0.314 e. The highest BCUT2D eigenvalue weighted by Gasteiger charge is 2.07. The van der Waals surface area contributed by atoms with Crippen LogP contribution in [0.3, 0.4) is 0 Å². The number of benzene rings is 1. The van der Waals surface area contributed by atoms with Crippen molar-refractivity contribution in [1.82, 2.24) is 0 Å². The highest BCUT2D eigenvalue weighted by molar-refractivity contribution is 9.10. The molecule has 0 aliphatic heterocycles. The van der Waals surface area contributed by atoms with Crippen LogP contribution in [0.25, 0.3) is 4.85 Å². The summed E-state index contributed by atoms with van der Waals surface area (Å²) in [6.45, 7) is 8.78. The van der Waals surface area contributed by atoms with Crippen LogP contribution in [0.5, 0.6) is 0 Å². The predicted octanol–water partition coefficient (Wildman–Crippen LogP) is 3.30. The monoisotopic (exact) mass is 223 g/mol.